The van der Waals surface area contributed by atoms with Gasteiger partial charge in [-0.1, -0.05) is 0 Å². The molecule has 1 atom stereocenters. The van der Waals surface area contributed by atoms with Gasteiger partial charge in [0.1, 0.15) is 0 Å². The number of fused-ring (bicyclic) bond motifs is 1. The van der Waals surface area contributed by atoms with E-state index in [4.69, 9.17) is 26.4 Å². The molecule has 1 saturated heterocycles. The van der Waals surface area contributed by atoms with Gasteiger partial charge in [-0.15, -0.1) is 0 Å². The first-order chi connectivity index (χ1) is 12.8. The molecule has 0 radical (unpaired) electrons. The maximum absolute atomic E-state index is 5.69. The van der Waals surface area contributed by atoms with Crippen LogP contribution in [0.3, 0.4) is 0 Å². The highest BCUT2D eigenvalue weighted by molar-refractivity contribution is 7.80. The largest absolute Gasteiger partial charge is 0.454 e. The molecule has 1 aromatic heterocycles. The molecule has 2 aliphatic rings. The van der Waals surface area contributed by atoms with Crippen LogP contribution in [0.25, 0.3) is 0 Å². The van der Waals surface area contributed by atoms with Crippen molar-refractivity contribution in [3.05, 3.63) is 48.3 Å². The van der Waals surface area contributed by atoms with Crippen molar-refractivity contribution in [1.29, 1.82) is 0 Å². The molecule has 0 amide bonds. The predicted octanol–water partition coefficient (Wildman–Crippen LogP) is 2.87. The second kappa shape index (κ2) is 7.88. The number of nitrogens with zero attached hydrogens (tertiary/aromatic N) is 2. The van der Waals surface area contributed by atoms with E-state index >= 15 is 0 Å². The number of thiocarbonyl (C=S) groups is 1. The molecule has 26 heavy (non-hydrogen) atoms. The summed E-state index contributed by atoms with van der Waals surface area (Å²) in [7, 11) is 0. The van der Waals surface area contributed by atoms with Crippen molar-refractivity contribution in [3.63, 3.8) is 0 Å². The molecule has 2 aromatic rings. The lowest BCUT2D eigenvalue weighted by Crippen LogP contribution is -2.42. The molecule has 0 saturated carbocycles. The van der Waals surface area contributed by atoms with E-state index in [2.05, 4.69) is 15.2 Å². The average Bonchev–Trinajstić information content (AvgIpc) is 3.36. The van der Waals surface area contributed by atoms with Crippen LogP contribution in [-0.2, 0) is 11.3 Å². The van der Waals surface area contributed by atoms with E-state index in [-0.39, 0.29) is 12.9 Å². The fourth-order valence-electron chi connectivity index (χ4n) is 3.11. The van der Waals surface area contributed by atoms with Gasteiger partial charge in [0.2, 0.25) is 6.79 Å². The molecule has 0 unspecified atom stereocenters. The molecule has 0 aliphatic carbocycles. The molecular formula is C19H21N3O3S. The van der Waals surface area contributed by atoms with E-state index in [9.17, 15) is 0 Å². The zero-order valence-corrected chi connectivity index (χ0v) is 15.2. The maximum atomic E-state index is 5.69. The smallest absolute Gasteiger partial charge is 0.231 e. The third-order valence-corrected chi connectivity index (χ3v) is 4.87. The molecule has 4 rings (SSSR count). The summed E-state index contributed by atoms with van der Waals surface area (Å²) in [5.74, 6) is 1.50. The SMILES string of the molecule is S=C(NC[C@@H]1CCCO1)N(Cc1ccncc1)c1ccc2c(c1)OCO2. The van der Waals surface area contributed by atoms with Crippen LogP contribution in [0.1, 0.15) is 18.4 Å². The third-order valence-electron chi connectivity index (χ3n) is 4.51. The lowest BCUT2D eigenvalue weighted by molar-refractivity contribution is 0.114. The van der Waals surface area contributed by atoms with Crippen LogP contribution in [0.15, 0.2) is 42.7 Å². The van der Waals surface area contributed by atoms with Gasteiger partial charge in [-0.2, -0.15) is 0 Å². The number of nitrogens with one attached hydrogen (secondary N) is 1. The molecule has 136 valence electrons. The minimum absolute atomic E-state index is 0.229. The van der Waals surface area contributed by atoms with Gasteiger partial charge in [-0.25, -0.2) is 0 Å². The normalized spacial score (nSPS) is 17.9. The summed E-state index contributed by atoms with van der Waals surface area (Å²) in [6.07, 6.45) is 5.99. The van der Waals surface area contributed by atoms with E-state index < -0.39 is 0 Å². The summed E-state index contributed by atoms with van der Waals surface area (Å²) in [6.45, 7) is 2.45. The Morgan fingerprint density at radius 3 is 2.85 bits per heavy atom. The monoisotopic (exact) mass is 371 g/mol. The van der Waals surface area contributed by atoms with E-state index in [1.165, 1.54) is 0 Å². The standard InChI is InChI=1S/C19H21N3O3S/c26-19(21-11-16-2-1-9-23-16)22(12-14-5-7-20-8-6-14)15-3-4-17-18(10-15)25-13-24-17/h3-8,10,16H,1-2,9,11-13H2,(H,21,26)/t16-/m0/s1. The van der Waals surface area contributed by atoms with E-state index in [1.807, 2.05) is 30.3 Å². The minimum Gasteiger partial charge on any atom is -0.454 e. The molecular weight excluding hydrogens is 350 g/mol. The van der Waals surface area contributed by atoms with Crippen molar-refractivity contribution in [2.45, 2.75) is 25.5 Å². The van der Waals surface area contributed by atoms with Gasteiger partial charge in [0, 0.05) is 37.3 Å². The summed E-state index contributed by atoms with van der Waals surface area (Å²) >= 11 is 5.69. The minimum atomic E-state index is 0.229. The topological polar surface area (TPSA) is 55.9 Å². The van der Waals surface area contributed by atoms with E-state index in [0.29, 0.717) is 11.7 Å². The molecule has 1 fully saturated rings. The Balaban J connectivity index is 1.53. The Morgan fingerprint density at radius 2 is 2.04 bits per heavy atom. The van der Waals surface area contributed by atoms with Crippen LogP contribution in [0, 0.1) is 0 Å². The lowest BCUT2D eigenvalue weighted by Gasteiger charge is -2.27. The molecule has 0 bridgehead atoms. The van der Waals surface area contributed by atoms with Crippen LogP contribution in [0.2, 0.25) is 0 Å². The van der Waals surface area contributed by atoms with Crippen molar-refractivity contribution in [1.82, 2.24) is 10.3 Å². The fourth-order valence-corrected chi connectivity index (χ4v) is 3.36. The zero-order chi connectivity index (χ0) is 17.8. The highest BCUT2D eigenvalue weighted by Gasteiger charge is 2.20. The van der Waals surface area contributed by atoms with E-state index in [1.54, 1.807) is 12.4 Å². The molecule has 2 aliphatic heterocycles. The van der Waals surface area contributed by atoms with Crippen molar-refractivity contribution in [2.75, 3.05) is 24.8 Å². The molecule has 6 nitrogen and oxygen atoms in total. The zero-order valence-electron chi connectivity index (χ0n) is 14.4. The lowest BCUT2D eigenvalue weighted by atomic mass is 10.2. The summed E-state index contributed by atoms with van der Waals surface area (Å²) in [5.41, 5.74) is 2.08. The number of aromatic nitrogens is 1. The van der Waals surface area contributed by atoms with Gasteiger partial charge in [0.25, 0.3) is 0 Å². The van der Waals surface area contributed by atoms with Crippen LogP contribution in [0.5, 0.6) is 11.5 Å². The number of ether oxygens (including phenoxy) is 3. The van der Waals surface area contributed by atoms with Gasteiger partial charge < -0.3 is 24.4 Å². The van der Waals surface area contributed by atoms with Gasteiger partial charge in [0.05, 0.1) is 12.6 Å². The molecule has 7 heteroatoms. The Hall–Kier alpha value is -2.38. The number of pyridine rings is 1. The van der Waals surface area contributed by atoms with Crippen molar-refractivity contribution >= 4 is 23.0 Å². The predicted molar refractivity (Wildman–Crippen MR) is 103 cm³/mol. The first kappa shape index (κ1) is 17.1. The summed E-state index contributed by atoms with van der Waals surface area (Å²) in [5, 5.41) is 4.02. The van der Waals surface area contributed by atoms with Crippen molar-refractivity contribution < 1.29 is 14.2 Å². The Bertz CT molecular complexity index is 766. The fraction of sp³-hybridized carbons (Fsp3) is 0.368. The number of benzene rings is 1. The van der Waals surface area contributed by atoms with Gasteiger partial charge in [0.15, 0.2) is 16.6 Å². The summed E-state index contributed by atoms with van der Waals surface area (Å²) in [4.78, 5) is 6.14. The van der Waals surface area contributed by atoms with Crippen LogP contribution in [-0.4, -0.2) is 36.1 Å². The van der Waals surface area contributed by atoms with Crippen LogP contribution in [0.4, 0.5) is 5.69 Å². The Kier molecular flexibility index (Phi) is 5.17. The maximum Gasteiger partial charge on any atom is 0.231 e. The molecule has 3 heterocycles. The summed E-state index contributed by atoms with van der Waals surface area (Å²) < 4.78 is 16.6. The molecule has 1 aromatic carbocycles. The van der Waals surface area contributed by atoms with Crippen molar-refractivity contribution in [2.24, 2.45) is 0 Å². The average molecular weight is 371 g/mol. The van der Waals surface area contributed by atoms with Gasteiger partial charge in [-0.3, -0.25) is 4.98 Å². The Labute approximate surface area is 158 Å². The number of rotatable bonds is 5. The quantitative estimate of drug-likeness (QED) is 0.811. The number of anilines is 1. The second-order valence-electron chi connectivity index (χ2n) is 6.30. The molecule has 0 spiro atoms. The van der Waals surface area contributed by atoms with E-state index in [0.717, 1.165) is 48.7 Å². The Morgan fingerprint density at radius 1 is 1.19 bits per heavy atom. The highest BCUT2D eigenvalue weighted by atomic mass is 32.1. The summed E-state index contributed by atoms with van der Waals surface area (Å²) in [6, 6.07) is 9.85. The highest BCUT2D eigenvalue weighted by Crippen LogP contribution is 2.36. The second-order valence-corrected chi connectivity index (χ2v) is 6.69. The van der Waals surface area contributed by atoms with Crippen molar-refractivity contribution in [3.8, 4) is 11.5 Å². The number of hydrogen-bond donors (Lipinski definition) is 1. The first-order valence-electron chi connectivity index (χ1n) is 8.75. The van der Waals surface area contributed by atoms with Gasteiger partial charge >= 0.3 is 0 Å². The van der Waals surface area contributed by atoms with Crippen LogP contribution < -0.4 is 19.7 Å². The first-order valence-corrected chi connectivity index (χ1v) is 9.16. The number of hydrogen-bond acceptors (Lipinski definition) is 5. The molecule has 1 N–H and O–H groups in total. The van der Waals surface area contributed by atoms with Gasteiger partial charge in [-0.05, 0) is 54.9 Å². The van der Waals surface area contributed by atoms with Crippen LogP contribution >= 0.6 is 12.2 Å². The third kappa shape index (κ3) is 3.89.